The molecule has 24 heavy (non-hydrogen) atoms. The van der Waals surface area contributed by atoms with Gasteiger partial charge in [0, 0.05) is 58.0 Å². The van der Waals surface area contributed by atoms with Crippen LogP contribution in [0.25, 0.3) is 0 Å². The highest BCUT2D eigenvalue weighted by Gasteiger charge is 2.40. The fourth-order valence-electron chi connectivity index (χ4n) is 4.11. The first-order chi connectivity index (χ1) is 11.7. The lowest BCUT2D eigenvalue weighted by Crippen LogP contribution is -2.43. The molecule has 0 aliphatic carbocycles. The first kappa shape index (κ1) is 15.4. The standard InChI is InChI=1S/C19H24N4O/c1-21-9-16(8-20-21)10-22-12-17-7-19(24)23(14-18(17)13-22)11-15-5-3-2-4-6-15/h2-6,8-9,17-18H,7,10-14H2,1H3/t17-,18-/m0/s1. The number of benzene rings is 1. The molecule has 0 saturated carbocycles. The van der Waals surface area contributed by atoms with Crippen LogP contribution >= 0.6 is 0 Å². The third kappa shape index (κ3) is 3.22. The van der Waals surface area contributed by atoms with Crippen LogP contribution in [0.2, 0.25) is 0 Å². The van der Waals surface area contributed by atoms with Gasteiger partial charge in [-0.05, 0) is 17.4 Å². The predicted octanol–water partition coefficient (Wildman–Crippen LogP) is 1.90. The van der Waals surface area contributed by atoms with Gasteiger partial charge in [0.05, 0.1) is 6.20 Å². The molecule has 2 aromatic rings. The molecule has 2 fully saturated rings. The fourth-order valence-corrected chi connectivity index (χ4v) is 4.11. The first-order valence-corrected chi connectivity index (χ1v) is 8.69. The molecule has 0 radical (unpaired) electrons. The minimum atomic E-state index is 0.309. The molecule has 0 spiro atoms. The van der Waals surface area contributed by atoms with Gasteiger partial charge in [-0.15, -0.1) is 0 Å². The summed E-state index contributed by atoms with van der Waals surface area (Å²) in [6, 6.07) is 10.3. The molecule has 0 N–H and O–H groups in total. The van der Waals surface area contributed by atoms with E-state index in [4.69, 9.17) is 0 Å². The van der Waals surface area contributed by atoms with Crippen LogP contribution in [0.1, 0.15) is 17.5 Å². The van der Waals surface area contributed by atoms with Crippen LogP contribution in [0.3, 0.4) is 0 Å². The highest BCUT2D eigenvalue weighted by Crippen LogP contribution is 2.33. The highest BCUT2D eigenvalue weighted by atomic mass is 16.2. The van der Waals surface area contributed by atoms with Gasteiger partial charge < -0.3 is 4.90 Å². The van der Waals surface area contributed by atoms with E-state index in [2.05, 4.69) is 28.3 Å². The van der Waals surface area contributed by atoms with E-state index < -0.39 is 0 Å². The van der Waals surface area contributed by atoms with Crippen LogP contribution in [-0.4, -0.2) is 45.1 Å². The Hall–Kier alpha value is -2.14. The van der Waals surface area contributed by atoms with E-state index in [9.17, 15) is 4.79 Å². The summed E-state index contributed by atoms with van der Waals surface area (Å²) in [7, 11) is 1.95. The molecule has 2 aliphatic heterocycles. The normalized spacial score (nSPS) is 24.4. The molecule has 2 atom stereocenters. The second kappa shape index (κ2) is 6.40. The first-order valence-electron chi connectivity index (χ1n) is 8.69. The maximum Gasteiger partial charge on any atom is 0.223 e. The minimum Gasteiger partial charge on any atom is -0.338 e. The van der Waals surface area contributed by atoms with Crippen LogP contribution in [0.15, 0.2) is 42.7 Å². The Morgan fingerprint density at radius 1 is 1.04 bits per heavy atom. The molecule has 1 aromatic heterocycles. The van der Waals surface area contributed by atoms with Crippen molar-refractivity contribution >= 4 is 5.91 Å². The Morgan fingerprint density at radius 2 is 1.83 bits per heavy atom. The van der Waals surface area contributed by atoms with Gasteiger partial charge in [0.1, 0.15) is 0 Å². The van der Waals surface area contributed by atoms with Gasteiger partial charge in [-0.25, -0.2) is 0 Å². The molecule has 1 aromatic carbocycles. The smallest absolute Gasteiger partial charge is 0.223 e. The zero-order chi connectivity index (χ0) is 16.5. The van der Waals surface area contributed by atoms with Crippen LogP contribution in [0.4, 0.5) is 0 Å². The third-order valence-corrected chi connectivity index (χ3v) is 5.28. The number of carbonyl (C=O) groups is 1. The Balaban J connectivity index is 1.38. The van der Waals surface area contributed by atoms with Crippen molar-refractivity contribution < 1.29 is 4.79 Å². The van der Waals surface area contributed by atoms with Crippen LogP contribution in [0.5, 0.6) is 0 Å². The molecule has 4 rings (SSSR count). The zero-order valence-corrected chi connectivity index (χ0v) is 14.1. The summed E-state index contributed by atoms with van der Waals surface area (Å²) < 4.78 is 1.85. The van der Waals surface area contributed by atoms with E-state index in [1.165, 1.54) is 11.1 Å². The van der Waals surface area contributed by atoms with Crippen molar-refractivity contribution in [1.29, 1.82) is 0 Å². The van der Waals surface area contributed by atoms with Crippen LogP contribution in [-0.2, 0) is 24.9 Å². The van der Waals surface area contributed by atoms with E-state index in [1.807, 2.05) is 41.0 Å². The number of fused-ring (bicyclic) bond motifs is 1. The van der Waals surface area contributed by atoms with Crippen molar-refractivity contribution in [3.63, 3.8) is 0 Å². The third-order valence-electron chi connectivity index (χ3n) is 5.28. The van der Waals surface area contributed by atoms with E-state index in [0.29, 0.717) is 24.2 Å². The topological polar surface area (TPSA) is 41.4 Å². The Morgan fingerprint density at radius 3 is 2.58 bits per heavy atom. The van der Waals surface area contributed by atoms with Crippen molar-refractivity contribution in [2.24, 2.45) is 18.9 Å². The lowest BCUT2D eigenvalue weighted by molar-refractivity contribution is -0.136. The number of carbonyl (C=O) groups excluding carboxylic acids is 1. The van der Waals surface area contributed by atoms with E-state index in [-0.39, 0.29) is 0 Å². The molecule has 126 valence electrons. The van der Waals surface area contributed by atoms with Crippen molar-refractivity contribution in [3.8, 4) is 0 Å². The number of nitrogens with zero attached hydrogens (tertiary/aromatic N) is 4. The maximum atomic E-state index is 12.5. The number of likely N-dealkylation sites (tertiary alicyclic amines) is 2. The van der Waals surface area contributed by atoms with Crippen molar-refractivity contribution in [2.45, 2.75) is 19.5 Å². The SMILES string of the molecule is Cn1cc(CN2C[C@@H]3CC(=O)N(Cc4ccccc4)C[C@@H]3C2)cn1. The van der Waals surface area contributed by atoms with E-state index in [0.717, 1.165) is 32.7 Å². The summed E-state index contributed by atoms with van der Waals surface area (Å²) in [5.41, 5.74) is 2.47. The number of aromatic nitrogens is 2. The Bertz CT molecular complexity index is 711. The summed E-state index contributed by atoms with van der Waals surface area (Å²) in [4.78, 5) is 17.0. The molecule has 0 unspecified atom stereocenters. The molecule has 1 amide bonds. The van der Waals surface area contributed by atoms with Crippen molar-refractivity contribution in [2.75, 3.05) is 19.6 Å². The number of hydrogen-bond acceptors (Lipinski definition) is 3. The van der Waals surface area contributed by atoms with Crippen LogP contribution < -0.4 is 0 Å². The fraction of sp³-hybridized carbons (Fsp3) is 0.474. The van der Waals surface area contributed by atoms with Gasteiger partial charge in [-0.2, -0.15) is 5.10 Å². The van der Waals surface area contributed by atoms with Crippen molar-refractivity contribution in [3.05, 3.63) is 53.9 Å². The van der Waals surface area contributed by atoms with Crippen molar-refractivity contribution in [1.82, 2.24) is 19.6 Å². The van der Waals surface area contributed by atoms with Gasteiger partial charge in [-0.1, -0.05) is 30.3 Å². The second-order valence-corrected chi connectivity index (χ2v) is 7.20. The second-order valence-electron chi connectivity index (χ2n) is 7.20. The molecular weight excluding hydrogens is 300 g/mol. The zero-order valence-electron chi connectivity index (χ0n) is 14.1. The number of piperidine rings is 1. The highest BCUT2D eigenvalue weighted by molar-refractivity contribution is 5.77. The summed E-state index contributed by atoms with van der Waals surface area (Å²) in [6.07, 6.45) is 4.71. The number of rotatable bonds is 4. The Labute approximate surface area is 142 Å². The summed E-state index contributed by atoms with van der Waals surface area (Å²) >= 11 is 0. The lowest BCUT2D eigenvalue weighted by atomic mass is 9.88. The Kier molecular flexibility index (Phi) is 4.10. The molecule has 0 bridgehead atoms. The molecule has 5 nitrogen and oxygen atoms in total. The minimum absolute atomic E-state index is 0.309. The molecular formula is C19H24N4O. The summed E-state index contributed by atoms with van der Waals surface area (Å²) in [5.74, 6) is 1.42. The maximum absolute atomic E-state index is 12.5. The predicted molar refractivity (Wildman–Crippen MR) is 91.9 cm³/mol. The average Bonchev–Trinajstić information content (AvgIpc) is 3.14. The van der Waals surface area contributed by atoms with Gasteiger partial charge in [0.2, 0.25) is 5.91 Å². The molecule has 3 heterocycles. The number of aryl methyl sites for hydroxylation is 1. The van der Waals surface area contributed by atoms with E-state index >= 15 is 0 Å². The molecule has 2 saturated heterocycles. The van der Waals surface area contributed by atoms with Gasteiger partial charge >= 0.3 is 0 Å². The van der Waals surface area contributed by atoms with Crippen LogP contribution in [0, 0.1) is 11.8 Å². The largest absolute Gasteiger partial charge is 0.338 e. The molecule has 2 aliphatic rings. The van der Waals surface area contributed by atoms with E-state index in [1.54, 1.807) is 0 Å². The van der Waals surface area contributed by atoms with Gasteiger partial charge in [0.25, 0.3) is 0 Å². The van der Waals surface area contributed by atoms with Gasteiger partial charge in [-0.3, -0.25) is 14.4 Å². The summed E-state index contributed by atoms with van der Waals surface area (Å²) in [5, 5.41) is 4.25. The summed E-state index contributed by atoms with van der Waals surface area (Å²) in [6.45, 7) is 4.68. The number of hydrogen-bond donors (Lipinski definition) is 0. The monoisotopic (exact) mass is 324 g/mol. The lowest BCUT2D eigenvalue weighted by Gasteiger charge is -2.34. The molecule has 5 heteroatoms. The van der Waals surface area contributed by atoms with Gasteiger partial charge in [0.15, 0.2) is 0 Å². The average molecular weight is 324 g/mol. The number of amides is 1. The quantitative estimate of drug-likeness (QED) is 0.862.